The van der Waals surface area contributed by atoms with Gasteiger partial charge in [-0.15, -0.1) is 0 Å². The summed E-state index contributed by atoms with van der Waals surface area (Å²) in [7, 11) is 0. The Morgan fingerprint density at radius 2 is 1.95 bits per heavy atom. The predicted octanol–water partition coefficient (Wildman–Crippen LogP) is 3.89. The Kier molecular flexibility index (Phi) is 4.53. The predicted molar refractivity (Wildman–Crippen MR) is 82.6 cm³/mol. The number of carboxylic acid groups (broad SMARTS) is 1. The summed E-state index contributed by atoms with van der Waals surface area (Å²) in [4.78, 5) is 10.7. The summed E-state index contributed by atoms with van der Waals surface area (Å²) in [6.45, 7) is 2.00. The number of nitriles is 1. The molecular formula is C18H15NO2. The fourth-order valence-corrected chi connectivity index (χ4v) is 2.39. The summed E-state index contributed by atoms with van der Waals surface area (Å²) in [6.07, 6.45) is 3.42. The molecule has 0 spiro atoms. The summed E-state index contributed by atoms with van der Waals surface area (Å²) < 4.78 is 0. The van der Waals surface area contributed by atoms with Crippen LogP contribution in [0.1, 0.15) is 23.6 Å². The Morgan fingerprint density at radius 3 is 2.52 bits per heavy atom. The first-order valence-corrected chi connectivity index (χ1v) is 6.69. The highest BCUT2D eigenvalue weighted by atomic mass is 16.4. The largest absolute Gasteiger partial charge is 0.478 e. The Labute approximate surface area is 123 Å². The highest BCUT2D eigenvalue weighted by Crippen LogP contribution is 2.31. The zero-order valence-electron chi connectivity index (χ0n) is 11.7. The molecule has 21 heavy (non-hydrogen) atoms. The quantitative estimate of drug-likeness (QED) is 0.862. The maximum Gasteiger partial charge on any atom is 0.328 e. The van der Waals surface area contributed by atoms with Crippen LogP contribution >= 0.6 is 0 Å². The molecule has 0 bridgehead atoms. The van der Waals surface area contributed by atoms with Crippen molar-refractivity contribution in [3.63, 3.8) is 0 Å². The van der Waals surface area contributed by atoms with E-state index in [0.29, 0.717) is 5.56 Å². The SMILES string of the molecule is CCc1c(C=CC(=O)O)ccc(C#N)c1-c1ccccc1. The lowest BCUT2D eigenvalue weighted by Crippen LogP contribution is -1.96. The summed E-state index contributed by atoms with van der Waals surface area (Å²) in [6, 6.07) is 15.4. The Morgan fingerprint density at radius 1 is 1.24 bits per heavy atom. The number of carbonyl (C=O) groups is 1. The molecule has 0 radical (unpaired) electrons. The topological polar surface area (TPSA) is 61.1 Å². The highest BCUT2D eigenvalue weighted by molar-refractivity contribution is 5.87. The van der Waals surface area contributed by atoms with Gasteiger partial charge in [0.15, 0.2) is 0 Å². The van der Waals surface area contributed by atoms with Crippen LogP contribution in [0.3, 0.4) is 0 Å². The van der Waals surface area contributed by atoms with Crippen molar-refractivity contribution < 1.29 is 9.90 Å². The molecule has 3 nitrogen and oxygen atoms in total. The molecule has 0 fully saturated rings. The van der Waals surface area contributed by atoms with Crippen LogP contribution in [0.5, 0.6) is 0 Å². The van der Waals surface area contributed by atoms with E-state index in [0.717, 1.165) is 34.8 Å². The number of rotatable bonds is 4. The third-order valence-electron chi connectivity index (χ3n) is 3.29. The van der Waals surface area contributed by atoms with Crippen molar-refractivity contribution in [1.29, 1.82) is 5.26 Å². The minimum absolute atomic E-state index is 0.602. The molecule has 0 aliphatic carbocycles. The van der Waals surface area contributed by atoms with Gasteiger partial charge in [0, 0.05) is 11.6 Å². The van der Waals surface area contributed by atoms with Gasteiger partial charge in [-0.3, -0.25) is 0 Å². The Hall–Kier alpha value is -2.86. The molecule has 3 heteroatoms. The normalized spacial score (nSPS) is 10.5. The van der Waals surface area contributed by atoms with Gasteiger partial charge in [0.1, 0.15) is 0 Å². The summed E-state index contributed by atoms with van der Waals surface area (Å²) >= 11 is 0. The smallest absolute Gasteiger partial charge is 0.328 e. The van der Waals surface area contributed by atoms with Gasteiger partial charge in [-0.25, -0.2) is 4.79 Å². The van der Waals surface area contributed by atoms with E-state index in [-0.39, 0.29) is 0 Å². The molecule has 0 atom stereocenters. The Bertz CT molecular complexity index is 725. The van der Waals surface area contributed by atoms with E-state index in [4.69, 9.17) is 5.11 Å². The first-order valence-electron chi connectivity index (χ1n) is 6.69. The van der Waals surface area contributed by atoms with Crippen molar-refractivity contribution in [2.75, 3.05) is 0 Å². The summed E-state index contributed by atoms with van der Waals surface area (Å²) in [5, 5.41) is 18.1. The maximum atomic E-state index is 10.7. The average molecular weight is 277 g/mol. The van der Waals surface area contributed by atoms with Crippen LogP contribution in [0.25, 0.3) is 17.2 Å². The molecule has 1 N–H and O–H groups in total. The fourth-order valence-electron chi connectivity index (χ4n) is 2.39. The molecular weight excluding hydrogens is 262 g/mol. The minimum Gasteiger partial charge on any atom is -0.478 e. The average Bonchev–Trinajstić information content (AvgIpc) is 2.52. The van der Waals surface area contributed by atoms with Gasteiger partial charge < -0.3 is 5.11 Å². The van der Waals surface area contributed by atoms with E-state index in [1.54, 1.807) is 18.2 Å². The number of aliphatic carboxylic acids is 1. The molecule has 0 saturated heterocycles. The van der Waals surface area contributed by atoms with Crippen LogP contribution in [0, 0.1) is 11.3 Å². The first kappa shape index (κ1) is 14.5. The van der Waals surface area contributed by atoms with Gasteiger partial charge in [-0.1, -0.05) is 43.3 Å². The molecule has 0 aliphatic heterocycles. The van der Waals surface area contributed by atoms with Crippen LogP contribution in [0.2, 0.25) is 0 Å². The highest BCUT2D eigenvalue weighted by Gasteiger charge is 2.12. The van der Waals surface area contributed by atoms with Crippen LogP contribution < -0.4 is 0 Å². The van der Waals surface area contributed by atoms with Gasteiger partial charge in [-0.05, 0) is 35.3 Å². The van der Waals surface area contributed by atoms with Gasteiger partial charge in [0.2, 0.25) is 0 Å². The molecule has 0 aromatic heterocycles. The molecule has 0 aliphatic rings. The van der Waals surface area contributed by atoms with Crippen LogP contribution in [-0.2, 0) is 11.2 Å². The lowest BCUT2D eigenvalue weighted by Gasteiger charge is -2.13. The van der Waals surface area contributed by atoms with Crippen LogP contribution in [-0.4, -0.2) is 11.1 Å². The van der Waals surface area contributed by atoms with Crippen molar-refractivity contribution >= 4 is 12.0 Å². The van der Waals surface area contributed by atoms with E-state index in [9.17, 15) is 10.1 Å². The zero-order chi connectivity index (χ0) is 15.2. The molecule has 0 saturated carbocycles. The molecule has 0 unspecified atom stereocenters. The van der Waals surface area contributed by atoms with Crippen LogP contribution in [0.4, 0.5) is 0 Å². The molecule has 0 amide bonds. The van der Waals surface area contributed by atoms with Crippen molar-refractivity contribution in [2.45, 2.75) is 13.3 Å². The molecule has 2 aromatic carbocycles. The van der Waals surface area contributed by atoms with Gasteiger partial charge in [-0.2, -0.15) is 5.26 Å². The van der Waals surface area contributed by atoms with Gasteiger partial charge in [0.05, 0.1) is 11.6 Å². The van der Waals surface area contributed by atoms with Crippen molar-refractivity contribution in [1.82, 2.24) is 0 Å². The van der Waals surface area contributed by atoms with E-state index in [2.05, 4.69) is 6.07 Å². The number of carboxylic acids is 1. The monoisotopic (exact) mass is 277 g/mol. The van der Waals surface area contributed by atoms with Gasteiger partial charge in [0.25, 0.3) is 0 Å². The Balaban J connectivity index is 2.69. The molecule has 2 aromatic rings. The van der Waals surface area contributed by atoms with Gasteiger partial charge >= 0.3 is 5.97 Å². The summed E-state index contributed by atoms with van der Waals surface area (Å²) in [5.74, 6) is -0.984. The van der Waals surface area contributed by atoms with E-state index in [1.165, 1.54) is 0 Å². The standard InChI is InChI=1S/C18H15NO2/c1-2-16-13(10-11-17(20)21)8-9-15(12-19)18(16)14-6-4-3-5-7-14/h3-11H,2H2,1H3,(H,20,21). The van der Waals surface area contributed by atoms with E-state index < -0.39 is 5.97 Å². The second-order valence-electron chi connectivity index (χ2n) is 4.56. The van der Waals surface area contributed by atoms with E-state index in [1.807, 2.05) is 37.3 Å². The summed E-state index contributed by atoms with van der Waals surface area (Å²) in [5.41, 5.74) is 4.27. The molecule has 2 rings (SSSR count). The van der Waals surface area contributed by atoms with Crippen molar-refractivity contribution in [3.05, 3.63) is 65.2 Å². The van der Waals surface area contributed by atoms with E-state index >= 15 is 0 Å². The lowest BCUT2D eigenvalue weighted by atomic mass is 9.89. The maximum absolute atomic E-state index is 10.7. The number of hydrogen-bond acceptors (Lipinski definition) is 2. The second-order valence-corrected chi connectivity index (χ2v) is 4.56. The number of benzene rings is 2. The fraction of sp³-hybridized carbons (Fsp3) is 0.111. The second kappa shape index (κ2) is 6.53. The van der Waals surface area contributed by atoms with Crippen molar-refractivity contribution in [2.24, 2.45) is 0 Å². The van der Waals surface area contributed by atoms with Crippen molar-refractivity contribution in [3.8, 4) is 17.2 Å². The number of nitrogens with zero attached hydrogens (tertiary/aromatic N) is 1. The lowest BCUT2D eigenvalue weighted by molar-refractivity contribution is -0.131. The van der Waals surface area contributed by atoms with Crippen LogP contribution in [0.15, 0.2) is 48.5 Å². The molecule has 104 valence electrons. The zero-order valence-corrected chi connectivity index (χ0v) is 11.7. The third kappa shape index (κ3) is 3.18. The molecule has 0 heterocycles. The number of hydrogen-bond donors (Lipinski definition) is 1. The third-order valence-corrected chi connectivity index (χ3v) is 3.29. The first-order chi connectivity index (χ1) is 10.2. The minimum atomic E-state index is -0.984.